The van der Waals surface area contributed by atoms with E-state index in [1.54, 1.807) is 6.07 Å². The van der Waals surface area contributed by atoms with Crippen molar-refractivity contribution < 1.29 is 35.8 Å². The van der Waals surface area contributed by atoms with Crippen molar-refractivity contribution in [1.29, 1.82) is 0 Å². The van der Waals surface area contributed by atoms with Crippen LogP contribution >= 0.6 is 0 Å². The van der Waals surface area contributed by atoms with E-state index < -0.39 is 30.5 Å². The number of aryl methyl sites for hydroxylation is 1. The molecule has 1 nitrogen and oxygen atoms in total. The first-order chi connectivity index (χ1) is 9.92. The van der Waals surface area contributed by atoms with Gasteiger partial charge in [-0.15, -0.1) is 0 Å². The monoisotopic (exact) mass is 332 g/mol. The third kappa shape index (κ3) is 3.91. The first-order valence-corrected chi connectivity index (χ1v) is 6.51. The molecule has 126 valence electrons. The molecule has 1 N–H and O–H groups in total. The van der Waals surface area contributed by atoms with Crippen molar-refractivity contribution in [2.45, 2.75) is 50.3 Å². The molecule has 1 aromatic rings. The highest BCUT2D eigenvalue weighted by molar-refractivity contribution is 5.26. The van der Waals surface area contributed by atoms with E-state index in [-0.39, 0.29) is 5.56 Å². The van der Waals surface area contributed by atoms with E-state index in [4.69, 9.17) is 0 Å². The Morgan fingerprint density at radius 1 is 1.00 bits per heavy atom. The van der Waals surface area contributed by atoms with Crippen LogP contribution in [0.1, 0.15) is 37.0 Å². The van der Waals surface area contributed by atoms with Crippen LogP contribution < -0.4 is 0 Å². The molecule has 0 aromatic heterocycles. The maximum absolute atomic E-state index is 13.6. The Kier molecular flexibility index (Phi) is 5.48. The number of hydrogen-bond donors (Lipinski definition) is 1. The van der Waals surface area contributed by atoms with Gasteiger partial charge >= 0.3 is 18.0 Å². The lowest BCUT2D eigenvalue weighted by molar-refractivity contribution is -0.347. The van der Waals surface area contributed by atoms with E-state index in [0.29, 0.717) is 18.4 Å². The van der Waals surface area contributed by atoms with Crippen molar-refractivity contribution in [3.05, 3.63) is 35.4 Å². The molecular weight excluding hydrogens is 317 g/mol. The summed E-state index contributed by atoms with van der Waals surface area (Å²) in [6.07, 6.45) is -15.4. The van der Waals surface area contributed by atoms with Crippen LogP contribution in [0, 0.1) is 0 Å². The van der Waals surface area contributed by atoms with Crippen LogP contribution in [-0.4, -0.2) is 23.1 Å². The molecule has 1 atom stereocenters. The highest BCUT2D eigenvalue weighted by Gasteiger charge is 2.72. The minimum atomic E-state index is -6.16. The largest absolute Gasteiger partial charge is 0.431 e. The molecule has 0 bridgehead atoms. The van der Waals surface area contributed by atoms with Gasteiger partial charge in [0.05, 0.1) is 6.10 Å². The van der Waals surface area contributed by atoms with Crippen LogP contribution in [0.15, 0.2) is 24.3 Å². The second-order valence-electron chi connectivity index (χ2n) is 5.01. The summed E-state index contributed by atoms with van der Waals surface area (Å²) in [6, 6.07) is 5.46. The molecule has 0 saturated heterocycles. The average molecular weight is 332 g/mol. The topological polar surface area (TPSA) is 20.2 Å². The second-order valence-corrected chi connectivity index (χ2v) is 5.01. The Bertz CT molecular complexity index is 479. The minimum Gasteiger partial charge on any atom is -0.388 e. The fourth-order valence-electron chi connectivity index (χ4n) is 2.02. The molecule has 1 rings (SSSR count). The fourth-order valence-corrected chi connectivity index (χ4v) is 2.02. The summed E-state index contributed by atoms with van der Waals surface area (Å²) < 4.78 is 88.4. The summed E-state index contributed by atoms with van der Waals surface area (Å²) in [7, 11) is 0. The zero-order valence-electron chi connectivity index (χ0n) is 11.6. The van der Waals surface area contributed by atoms with Crippen molar-refractivity contribution in [2.24, 2.45) is 0 Å². The highest BCUT2D eigenvalue weighted by Crippen LogP contribution is 2.50. The Morgan fingerprint density at radius 3 is 2.00 bits per heavy atom. The van der Waals surface area contributed by atoms with Gasteiger partial charge in [-0.2, -0.15) is 26.3 Å². The number of halogens is 7. The van der Waals surface area contributed by atoms with Crippen LogP contribution in [0.3, 0.4) is 0 Å². The maximum Gasteiger partial charge on any atom is 0.431 e. The molecule has 0 fully saturated rings. The first kappa shape index (κ1) is 18.7. The number of rotatable bonds is 5. The van der Waals surface area contributed by atoms with E-state index in [9.17, 15) is 35.8 Å². The molecule has 0 radical (unpaired) electrons. The van der Waals surface area contributed by atoms with Gasteiger partial charge in [0.1, 0.15) is 0 Å². The minimum absolute atomic E-state index is 0.179. The van der Waals surface area contributed by atoms with Crippen LogP contribution in [0.5, 0.6) is 0 Å². The summed E-state index contributed by atoms with van der Waals surface area (Å²) in [5.74, 6) is 0. The SMILES string of the molecule is CCCc1cccc(C(O)CC(F)(C(F)(F)F)C(F)(F)F)c1. The molecule has 8 heteroatoms. The van der Waals surface area contributed by atoms with E-state index in [1.165, 1.54) is 12.1 Å². The van der Waals surface area contributed by atoms with Crippen LogP contribution in [-0.2, 0) is 6.42 Å². The molecular formula is C14H15F7O. The lowest BCUT2D eigenvalue weighted by Gasteiger charge is -2.31. The van der Waals surface area contributed by atoms with Crippen molar-refractivity contribution >= 4 is 0 Å². The Labute approximate surface area is 122 Å². The van der Waals surface area contributed by atoms with E-state index in [2.05, 4.69) is 0 Å². The lowest BCUT2D eigenvalue weighted by Crippen LogP contribution is -2.54. The third-order valence-corrected chi connectivity index (χ3v) is 3.25. The lowest BCUT2D eigenvalue weighted by atomic mass is 9.92. The zero-order valence-corrected chi connectivity index (χ0v) is 11.6. The van der Waals surface area contributed by atoms with E-state index in [0.717, 1.165) is 6.07 Å². The number of aliphatic hydroxyl groups is 1. The molecule has 0 aliphatic rings. The average Bonchev–Trinajstić information content (AvgIpc) is 2.36. The van der Waals surface area contributed by atoms with Crippen molar-refractivity contribution in [2.75, 3.05) is 0 Å². The summed E-state index contributed by atoms with van der Waals surface area (Å²) in [5, 5.41) is 9.64. The van der Waals surface area contributed by atoms with Crippen molar-refractivity contribution in [3.8, 4) is 0 Å². The summed E-state index contributed by atoms with van der Waals surface area (Å²) in [5.41, 5.74) is -5.00. The van der Waals surface area contributed by atoms with Gasteiger partial charge in [-0.05, 0) is 17.5 Å². The van der Waals surface area contributed by atoms with Gasteiger partial charge in [0.2, 0.25) is 0 Å². The van der Waals surface area contributed by atoms with Gasteiger partial charge in [0.15, 0.2) is 0 Å². The molecule has 1 unspecified atom stereocenters. The normalized spacial score (nSPS) is 15.0. The predicted molar refractivity (Wildman–Crippen MR) is 66.0 cm³/mol. The molecule has 0 spiro atoms. The van der Waals surface area contributed by atoms with Gasteiger partial charge in [-0.1, -0.05) is 37.6 Å². The van der Waals surface area contributed by atoms with Gasteiger partial charge < -0.3 is 5.11 Å². The van der Waals surface area contributed by atoms with Crippen molar-refractivity contribution in [3.63, 3.8) is 0 Å². The Hall–Kier alpha value is -1.31. The predicted octanol–water partition coefficient (Wildman–Crippen LogP) is 4.90. The molecule has 22 heavy (non-hydrogen) atoms. The Morgan fingerprint density at radius 2 is 1.55 bits per heavy atom. The van der Waals surface area contributed by atoms with E-state index in [1.807, 2.05) is 6.92 Å². The maximum atomic E-state index is 13.6. The fraction of sp³-hybridized carbons (Fsp3) is 0.571. The smallest absolute Gasteiger partial charge is 0.388 e. The molecule has 0 aliphatic carbocycles. The molecule has 0 saturated carbocycles. The molecule has 0 aliphatic heterocycles. The highest BCUT2D eigenvalue weighted by atomic mass is 19.4. The third-order valence-electron chi connectivity index (χ3n) is 3.25. The number of alkyl halides is 7. The summed E-state index contributed by atoms with van der Waals surface area (Å²) >= 11 is 0. The van der Waals surface area contributed by atoms with Crippen LogP contribution in [0.4, 0.5) is 30.7 Å². The zero-order chi connectivity index (χ0) is 17.2. The van der Waals surface area contributed by atoms with Crippen LogP contribution in [0.2, 0.25) is 0 Å². The standard InChI is InChI=1S/C14H15F7O/c1-2-4-9-5-3-6-10(7-9)11(22)8-12(15,13(16,17)18)14(19,20)21/h3,5-7,11,22H,2,4,8H2,1H3. The Balaban J connectivity index is 3.07. The van der Waals surface area contributed by atoms with Gasteiger partial charge in [-0.3, -0.25) is 0 Å². The quantitative estimate of drug-likeness (QED) is 0.761. The first-order valence-electron chi connectivity index (χ1n) is 6.51. The van der Waals surface area contributed by atoms with Crippen LogP contribution in [0.25, 0.3) is 0 Å². The number of hydrogen-bond acceptors (Lipinski definition) is 1. The molecule has 0 heterocycles. The molecule has 0 amide bonds. The number of benzene rings is 1. The van der Waals surface area contributed by atoms with Gasteiger partial charge in [0, 0.05) is 6.42 Å². The summed E-state index contributed by atoms with van der Waals surface area (Å²) in [4.78, 5) is 0. The van der Waals surface area contributed by atoms with Crippen molar-refractivity contribution in [1.82, 2.24) is 0 Å². The molecule has 1 aromatic carbocycles. The number of aliphatic hydroxyl groups excluding tert-OH is 1. The second kappa shape index (κ2) is 6.44. The van der Waals surface area contributed by atoms with Gasteiger partial charge in [0.25, 0.3) is 0 Å². The summed E-state index contributed by atoms with van der Waals surface area (Å²) in [6.45, 7) is 1.84. The van der Waals surface area contributed by atoms with E-state index >= 15 is 0 Å². The van der Waals surface area contributed by atoms with Gasteiger partial charge in [-0.25, -0.2) is 4.39 Å².